The fraction of sp³-hybridized carbons (Fsp3) is 0.231. The SMILES string of the molecule is CN(C)C1c2ccccc2N(C(=O)c2ccc(NC(=O)c3ccccc3Cl)cc2)CCC1O. The van der Waals surface area contributed by atoms with Gasteiger partial charge in [-0.15, -0.1) is 0 Å². The lowest BCUT2D eigenvalue weighted by Crippen LogP contribution is -2.32. The highest BCUT2D eigenvalue weighted by Crippen LogP contribution is 2.36. The van der Waals surface area contributed by atoms with E-state index in [0.29, 0.717) is 34.8 Å². The largest absolute Gasteiger partial charge is 0.391 e. The Labute approximate surface area is 198 Å². The third-order valence-electron chi connectivity index (χ3n) is 5.87. The minimum atomic E-state index is -0.582. The van der Waals surface area contributed by atoms with Crippen molar-refractivity contribution >= 4 is 34.8 Å². The van der Waals surface area contributed by atoms with Crippen LogP contribution in [0.2, 0.25) is 5.02 Å². The topological polar surface area (TPSA) is 72.9 Å². The second-order valence-electron chi connectivity index (χ2n) is 8.29. The number of nitrogens with zero attached hydrogens (tertiary/aromatic N) is 2. The van der Waals surface area contributed by atoms with Crippen LogP contribution in [0, 0.1) is 0 Å². The summed E-state index contributed by atoms with van der Waals surface area (Å²) in [7, 11) is 3.86. The Bertz CT molecular complexity index is 1160. The molecule has 2 N–H and O–H groups in total. The smallest absolute Gasteiger partial charge is 0.258 e. The number of hydrogen-bond donors (Lipinski definition) is 2. The molecule has 2 amide bonds. The Kier molecular flexibility index (Phi) is 6.79. The van der Waals surface area contributed by atoms with Crippen molar-refractivity contribution in [3.05, 3.63) is 94.5 Å². The van der Waals surface area contributed by atoms with Gasteiger partial charge in [0.2, 0.25) is 0 Å². The summed E-state index contributed by atoms with van der Waals surface area (Å²) in [5, 5.41) is 13.9. The van der Waals surface area contributed by atoms with E-state index < -0.39 is 6.10 Å². The lowest BCUT2D eigenvalue weighted by atomic mass is 9.98. The molecule has 0 spiro atoms. The third kappa shape index (κ3) is 4.78. The molecule has 2 unspecified atom stereocenters. The van der Waals surface area contributed by atoms with Crippen LogP contribution in [0.3, 0.4) is 0 Å². The number of carbonyl (C=O) groups is 2. The van der Waals surface area contributed by atoms with Gasteiger partial charge in [0.05, 0.1) is 22.7 Å². The number of anilines is 2. The average Bonchev–Trinajstić information content (AvgIpc) is 2.95. The van der Waals surface area contributed by atoms with Crippen molar-refractivity contribution in [3.8, 4) is 0 Å². The quantitative estimate of drug-likeness (QED) is 0.592. The number of benzene rings is 3. The highest BCUT2D eigenvalue weighted by molar-refractivity contribution is 6.34. The minimum absolute atomic E-state index is 0.155. The van der Waals surface area contributed by atoms with Crippen molar-refractivity contribution < 1.29 is 14.7 Å². The van der Waals surface area contributed by atoms with Crippen LogP contribution < -0.4 is 10.2 Å². The van der Waals surface area contributed by atoms with Gasteiger partial charge >= 0.3 is 0 Å². The number of halogens is 1. The highest BCUT2D eigenvalue weighted by atomic mass is 35.5. The maximum atomic E-state index is 13.4. The predicted octanol–water partition coefficient (Wildman–Crippen LogP) is 4.61. The van der Waals surface area contributed by atoms with Crippen LogP contribution in [0.4, 0.5) is 11.4 Å². The number of carbonyl (C=O) groups excluding carboxylic acids is 2. The standard InChI is InChI=1S/C26H26ClN3O3/c1-29(2)24-20-8-4-6-10-22(20)30(16-15-23(24)31)26(33)17-11-13-18(14-12-17)28-25(32)19-7-3-5-9-21(19)27/h3-14,23-24,31H,15-16H2,1-2H3,(H,28,32). The third-order valence-corrected chi connectivity index (χ3v) is 6.20. The molecule has 1 aliphatic rings. The number of fused-ring (bicyclic) bond motifs is 1. The van der Waals surface area contributed by atoms with Crippen molar-refractivity contribution in [1.29, 1.82) is 0 Å². The fourth-order valence-corrected chi connectivity index (χ4v) is 4.48. The summed E-state index contributed by atoms with van der Waals surface area (Å²) >= 11 is 6.10. The summed E-state index contributed by atoms with van der Waals surface area (Å²) in [5.41, 5.74) is 3.17. The van der Waals surface area contributed by atoms with Gasteiger partial charge < -0.3 is 20.2 Å². The summed E-state index contributed by atoms with van der Waals surface area (Å²) in [4.78, 5) is 29.6. The Morgan fingerprint density at radius 3 is 2.36 bits per heavy atom. The van der Waals surface area contributed by atoms with Gasteiger partial charge in [-0.3, -0.25) is 9.59 Å². The van der Waals surface area contributed by atoms with Crippen molar-refractivity contribution in [1.82, 2.24) is 4.90 Å². The first-order chi connectivity index (χ1) is 15.9. The van der Waals surface area contributed by atoms with Crippen molar-refractivity contribution in [2.24, 2.45) is 0 Å². The van der Waals surface area contributed by atoms with Crippen LogP contribution in [0.15, 0.2) is 72.8 Å². The predicted molar refractivity (Wildman–Crippen MR) is 131 cm³/mol. The molecule has 0 aliphatic carbocycles. The average molecular weight is 464 g/mol. The number of hydrogen-bond acceptors (Lipinski definition) is 4. The number of nitrogens with one attached hydrogen (secondary N) is 1. The van der Waals surface area contributed by atoms with Gasteiger partial charge in [-0.2, -0.15) is 0 Å². The Morgan fingerprint density at radius 2 is 1.67 bits per heavy atom. The van der Waals surface area contributed by atoms with Crippen LogP contribution in [0.1, 0.15) is 38.7 Å². The molecular formula is C26H26ClN3O3. The molecule has 0 radical (unpaired) electrons. The first-order valence-corrected chi connectivity index (χ1v) is 11.2. The van der Waals surface area contributed by atoms with Crippen LogP contribution in [-0.2, 0) is 0 Å². The molecule has 6 nitrogen and oxygen atoms in total. The Hall–Kier alpha value is -3.19. The molecule has 2 atom stereocenters. The van der Waals surface area contributed by atoms with Gasteiger partial charge in [0.15, 0.2) is 0 Å². The van der Waals surface area contributed by atoms with E-state index in [1.807, 2.05) is 43.3 Å². The van der Waals surface area contributed by atoms with Gasteiger partial charge in [-0.05, 0) is 68.5 Å². The monoisotopic (exact) mass is 463 g/mol. The highest BCUT2D eigenvalue weighted by Gasteiger charge is 2.33. The molecule has 0 saturated heterocycles. The van der Waals surface area contributed by atoms with Gasteiger partial charge in [-0.1, -0.05) is 41.9 Å². The Balaban J connectivity index is 1.56. The molecule has 4 rings (SSSR count). The fourth-order valence-electron chi connectivity index (χ4n) is 4.26. The van der Waals surface area contributed by atoms with Crippen molar-refractivity contribution in [2.75, 3.05) is 30.9 Å². The molecule has 3 aromatic carbocycles. The number of likely N-dealkylation sites (N-methyl/N-ethyl adjacent to an activating group) is 1. The van der Waals surface area contributed by atoms with Crippen LogP contribution in [-0.4, -0.2) is 48.6 Å². The summed E-state index contributed by atoms with van der Waals surface area (Å²) < 4.78 is 0. The molecule has 33 heavy (non-hydrogen) atoms. The zero-order valence-corrected chi connectivity index (χ0v) is 19.3. The molecule has 7 heteroatoms. The lowest BCUT2D eigenvalue weighted by molar-refractivity contribution is 0.0729. The molecule has 0 aromatic heterocycles. The van der Waals surface area contributed by atoms with E-state index in [4.69, 9.17) is 11.6 Å². The first kappa shape index (κ1) is 23.0. The second-order valence-corrected chi connectivity index (χ2v) is 8.70. The summed E-state index contributed by atoms with van der Waals surface area (Å²) in [6, 6.07) is 21.1. The van der Waals surface area contributed by atoms with Gasteiger partial charge in [-0.25, -0.2) is 0 Å². The van der Waals surface area contributed by atoms with E-state index >= 15 is 0 Å². The molecule has 1 heterocycles. The number of para-hydroxylation sites is 1. The molecule has 170 valence electrons. The van der Waals surface area contributed by atoms with Crippen molar-refractivity contribution in [2.45, 2.75) is 18.6 Å². The molecule has 0 saturated carbocycles. The summed E-state index contributed by atoms with van der Waals surface area (Å²) in [5.74, 6) is -0.470. The number of amides is 2. The van der Waals surface area contributed by atoms with Crippen molar-refractivity contribution in [3.63, 3.8) is 0 Å². The lowest BCUT2D eigenvalue weighted by Gasteiger charge is -2.29. The number of aliphatic hydroxyl groups excluding tert-OH is 1. The zero-order valence-electron chi connectivity index (χ0n) is 18.5. The van der Waals surface area contributed by atoms with E-state index in [0.717, 1.165) is 11.3 Å². The van der Waals surface area contributed by atoms with Crippen LogP contribution in [0.25, 0.3) is 0 Å². The minimum Gasteiger partial charge on any atom is -0.391 e. The maximum absolute atomic E-state index is 13.4. The zero-order chi connectivity index (χ0) is 23.5. The molecule has 3 aromatic rings. The molecule has 0 bridgehead atoms. The van der Waals surface area contributed by atoms with E-state index in [-0.39, 0.29) is 17.9 Å². The Morgan fingerprint density at radius 1 is 1.00 bits per heavy atom. The number of rotatable bonds is 4. The first-order valence-electron chi connectivity index (χ1n) is 10.8. The van der Waals surface area contributed by atoms with Crippen LogP contribution in [0.5, 0.6) is 0 Å². The van der Waals surface area contributed by atoms with E-state index in [9.17, 15) is 14.7 Å². The van der Waals surface area contributed by atoms with Crippen LogP contribution >= 0.6 is 11.6 Å². The van der Waals surface area contributed by atoms with Gasteiger partial charge in [0, 0.05) is 23.5 Å². The summed E-state index contributed by atoms with van der Waals surface area (Å²) in [6.07, 6.45) is -0.115. The normalized spacial score (nSPS) is 17.9. The number of aliphatic hydroxyl groups is 1. The van der Waals surface area contributed by atoms with E-state index in [1.165, 1.54) is 0 Å². The van der Waals surface area contributed by atoms with Gasteiger partial charge in [0.25, 0.3) is 11.8 Å². The maximum Gasteiger partial charge on any atom is 0.258 e. The van der Waals surface area contributed by atoms with Gasteiger partial charge in [0.1, 0.15) is 0 Å². The molecule has 0 fully saturated rings. The van der Waals surface area contributed by atoms with E-state index in [1.54, 1.807) is 53.4 Å². The molecule has 1 aliphatic heterocycles. The summed E-state index contributed by atoms with van der Waals surface area (Å²) in [6.45, 7) is 0.409. The van der Waals surface area contributed by atoms with E-state index in [2.05, 4.69) is 5.32 Å². The second kappa shape index (κ2) is 9.75. The molecular weight excluding hydrogens is 438 g/mol.